The van der Waals surface area contributed by atoms with E-state index in [2.05, 4.69) is 12.2 Å². The van der Waals surface area contributed by atoms with Crippen LogP contribution in [0.5, 0.6) is 0 Å². The topological polar surface area (TPSA) is 46.2 Å². The van der Waals surface area contributed by atoms with Crippen LogP contribution in [0.15, 0.2) is 0 Å². The third kappa shape index (κ3) is 4.25. The minimum Gasteiger partial charge on any atom is -0.312 e. The molecule has 0 saturated heterocycles. The van der Waals surface area contributed by atoms with Crippen molar-refractivity contribution in [2.45, 2.75) is 63.7 Å². The summed E-state index contributed by atoms with van der Waals surface area (Å²) in [5.41, 5.74) is 0. The maximum absolute atomic E-state index is 11.6. The molecule has 0 radical (unpaired) electrons. The van der Waals surface area contributed by atoms with E-state index in [4.69, 9.17) is 0 Å². The molecule has 1 saturated carbocycles. The van der Waals surface area contributed by atoms with Gasteiger partial charge in [-0.05, 0) is 39.5 Å². The molecule has 0 spiro atoms. The van der Waals surface area contributed by atoms with Crippen molar-refractivity contribution in [2.24, 2.45) is 5.92 Å². The highest BCUT2D eigenvalue weighted by Crippen LogP contribution is 2.26. The van der Waals surface area contributed by atoms with E-state index in [1.807, 2.05) is 0 Å². The average Bonchev–Trinajstić information content (AvgIpc) is 2.25. The first-order valence-electron chi connectivity index (χ1n) is 6.67. The van der Waals surface area contributed by atoms with Gasteiger partial charge in [0, 0.05) is 18.8 Å². The molecule has 0 bridgehead atoms. The van der Waals surface area contributed by atoms with Gasteiger partial charge in [-0.15, -0.1) is 0 Å². The summed E-state index contributed by atoms with van der Waals surface area (Å²) in [5, 5.41) is 3.42. The predicted molar refractivity (Wildman–Crippen MR) is 73.0 cm³/mol. The van der Waals surface area contributed by atoms with Gasteiger partial charge in [0.05, 0.1) is 4.75 Å². The SMILES string of the molecule is CC(NCC(C)(C)S(C)(=O)=O)C1CCCCC1. The summed E-state index contributed by atoms with van der Waals surface area (Å²) in [4.78, 5) is 0. The van der Waals surface area contributed by atoms with Gasteiger partial charge in [-0.3, -0.25) is 0 Å². The van der Waals surface area contributed by atoms with E-state index in [9.17, 15) is 8.42 Å². The van der Waals surface area contributed by atoms with E-state index in [1.54, 1.807) is 13.8 Å². The van der Waals surface area contributed by atoms with E-state index < -0.39 is 14.6 Å². The average molecular weight is 261 g/mol. The molecule has 0 aromatic carbocycles. The second-order valence-corrected chi connectivity index (χ2v) is 8.75. The van der Waals surface area contributed by atoms with Gasteiger partial charge in [0.2, 0.25) is 0 Å². The van der Waals surface area contributed by atoms with Gasteiger partial charge >= 0.3 is 0 Å². The zero-order valence-corrected chi connectivity index (χ0v) is 12.4. The molecule has 4 heteroatoms. The van der Waals surface area contributed by atoms with E-state index in [0.29, 0.717) is 12.6 Å². The van der Waals surface area contributed by atoms with Crippen molar-refractivity contribution in [1.29, 1.82) is 0 Å². The molecule has 102 valence electrons. The summed E-state index contributed by atoms with van der Waals surface area (Å²) in [7, 11) is -2.99. The first-order chi connectivity index (χ1) is 7.74. The molecular formula is C13H27NO2S. The molecular weight excluding hydrogens is 234 g/mol. The van der Waals surface area contributed by atoms with Crippen LogP contribution in [0.3, 0.4) is 0 Å². The Balaban J connectivity index is 2.44. The highest BCUT2D eigenvalue weighted by atomic mass is 32.2. The fraction of sp³-hybridized carbons (Fsp3) is 1.00. The second-order valence-electron chi connectivity index (χ2n) is 6.10. The van der Waals surface area contributed by atoms with Crippen molar-refractivity contribution >= 4 is 9.84 Å². The third-order valence-electron chi connectivity index (χ3n) is 4.21. The minimum atomic E-state index is -2.99. The Kier molecular flexibility index (Phi) is 5.02. The molecule has 0 aromatic heterocycles. The molecule has 1 rings (SSSR count). The monoisotopic (exact) mass is 261 g/mol. The molecule has 17 heavy (non-hydrogen) atoms. The fourth-order valence-corrected chi connectivity index (χ4v) is 2.68. The van der Waals surface area contributed by atoms with Gasteiger partial charge < -0.3 is 5.32 Å². The Bertz CT molecular complexity index is 329. The molecule has 0 aliphatic heterocycles. The molecule has 3 nitrogen and oxygen atoms in total. The largest absolute Gasteiger partial charge is 0.312 e. The first-order valence-corrected chi connectivity index (χ1v) is 8.56. The van der Waals surface area contributed by atoms with Crippen molar-refractivity contribution in [2.75, 3.05) is 12.8 Å². The lowest BCUT2D eigenvalue weighted by Gasteiger charge is -2.31. The lowest BCUT2D eigenvalue weighted by Crippen LogP contribution is -2.46. The summed E-state index contributed by atoms with van der Waals surface area (Å²) in [6.07, 6.45) is 7.90. The number of rotatable bonds is 5. The molecule has 0 amide bonds. The molecule has 1 atom stereocenters. The van der Waals surface area contributed by atoms with Crippen LogP contribution in [-0.4, -0.2) is 32.0 Å². The van der Waals surface area contributed by atoms with E-state index in [1.165, 1.54) is 38.4 Å². The van der Waals surface area contributed by atoms with Crippen molar-refractivity contribution in [1.82, 2.24) is 5.32 Å². The molecule has 1 unspecified atom stereocenters. The van der Waals surface area contributed by atoms with Crippen LogP contribution in [0.25, 0.3) is 0 Å². The van der Waals surface area contributed by atoms with Crippen LogP contribution < -0.4 is 5.32 Å². The Morgan fingerprint density at radius 1 is 1.24 bits per heavy atom. The van der Waals surface area contributed by atoms with Crippen molar-refractivity contribution in [3.63, 3.8) is 0 Å². The molecule has 1 aliphatic rings. The summed E-state index contributed by atoms with van der Waals surface area (Å²) in [6.45, 7) is 6.32. The lowest BCUT2D eigenvalue weighted by molar-refractivity contribution is 0.277. The van der Waals surface area contributed by atoms with E-state index in [-0.39, 0.29) is 0 Å². The number of sulfone groups is 1. The molecule has 0 heterocycles. The van der Waals surface area contributed by atoms with Crippen LogP contribution in [0, 0.1) is 5.92 Å². The van der Waals surface area contributed by atoms with Gasteiger partial charge in [-0.1, -0.05) is 19.3 Å². The van der Waals surface area contributed by atoms with E-state index in [0.717, 1.165) is 5.92 Å². The zero-order chi connectivity index (χ0) is 13.1. The maximum Gasteiger partial charge on any atom is 0.153 e. The highest BCUT2D eigenvalue weighted by Gasteiger charge is 2.31. The minimum absolute atomic E-state index is 0.427. The molecule has 0 aromatic rings. The number of hydrogen-bond acceptors (Lipinski definition) is 3. The van der Waals surface area contributed by atoms with Crippen LogP contribution in [0.1, 0.15) is 52.9 Å². The van der Waals surface area contributed by atoms with Crippen molar-refractivity contribution < 1.29 is 8.42 Å². The van der Waals surface area contributed by atoms with Gasteiger partial charge in [-0.2, -0.15) is 0 Å². The molecule has 1 N–H and O–H groups in total. The van der Waals surface area contributed by atoms with Gasteiger partial charge in [0.25, 0.3) is 0 Å². The first kappa shape index (κ1) is 15.0. The fourth-order valence-electron chi connectivity index (χ4n) is 2.34. The van der Waals surface area contributed by atoms with E-state index >= 15 is 0 Å². The Labute approximate surface area is 106 Å². The Morgan fingerprint density at radius 3 is 2.24 bits per heavy atom. The predicted octanol–water partition coefficient (Wildman–Crippen LogP) is 2.37. The van der Waals surface area contributed by atoms with Crippen LogP contribution >= 0.6 is 0 Å². The van der Waals surface area contributed by atoms with Gasteiger partial charge in [0.15, 0.2) is 9.84 Å². The zero-order valence-electron chi connectivity index (χ0n) is 11.6. The summed E-state index contributed by atoms with van der Waals surface area (Å²) < 4.78 is 22.5. The van der Waals surface area contributed by atoms with Gasteiger partial charge in [0.1, 0.15) is 0 Å². The third-order valence-corrected chi connectivity index (χ3v) is 6.36. The molecule has 1 aliphatic carbocycles. The Hall–Kier alpha value is -0.0900. The summed E-state index contributed by atoms with van der Waals surface area (Å²) >= 11 is 0. The highest BCUT2D eigenvalue weighted by molar-refractivity contribution is 7.92. The molecule has 1 fully saturated rings. The van der Waals surface area contributed by atoms with Crippen molar-refractivity contribution in [3.05, 3.63) is 0 Å². The Morgan fingerprint density at radius 2 is 1.76 bits per heavy atom. The summed E-state index contributed by atoms with van der Waals surface area (Å²) in [5.74, 6) is 0.721. The van der Waals surface area contributed by atoms with Crippen LogP contribution in [-0.2, 0) is 9.84 Å². The smallest absolute Gasteiger partial charge is 0.153 e. The normalized spacial score (nSPS) is 21.4. The quantitative estimate of drug-likeness (QED) is 0.826. The second kappa shape index (κ2) is 5.70. The number of nitrogens with one attached hydrogen (secondary N) is 1. The summed E-state index contributed by atoms with van der Waals surface area (Å²) in [6, 6.07) is 0.427. The van der Waals surface area contributed by atoms with Crippen LogP contribution in [0.4, 0.5) is 0 Å². The van der Waals surface area contributed by atoms with Crippen LogP contribution in [0.2, 0.25) is 0 Å². The number of hydrogen-bond donors (Lipinski definition) is 1. The van der Waals surface area contributed by atoms with Gasteiger partial charge in [-0.25, -0.2) is 8.42 Å². The van der Waals surface area contributed by atoms with Crippen molar-refractivity contribution in [3.8, 4) is 0 Å². The lowest BCUT2D eigenvalue weighted by atomic mass is 9.84. The standard InChI is InChI=1S/C13H27NO2S/c1-11(12-8-6-5-7-9-12)14-10-13(2,3)17(4,15)16/h11-12,14H,5-10H2,1-4H3. The maximum atomic E-state index is 11.6.